The molecule has 0 radical (unpaired) electrons. The number of rotatable bonds is 3. The topological polar surface area (TPSA) is 15.3 Å². The van der Waals surface area contributed by atoms with Gasteiger partial charge in [0, 0.05) is 24.7 Å². The van der Waals surface area contributed by atoms with Gasteiger partial charge >= 0.3 is 0 Å². The molecule has 0 bridgehead atoms. The van der Waals surface area contributed by atoms with Gasteiger partial charge in [-0.15, -0.1) is 0 Å². The van der Waals surface area contributed by atoms with E-state index in [1.165, 1.54) is 23.1 Å². The number of likely N-dealkylation sites (N-methyl/N-ethyl adjacent to an activating group) is 1. The summed E-state index contributed by atoms with van der Waals surface area (Å²) in [7, 11) is 2.25. The molecular weight excluding hydrogens is 220 g/mol. The first-order valence-electron chi connectivity index (χ1n) is 6.89. The molecule has 1 fully saturated rings. The minimum Gasteiger partial charge on any atom is -0.310 e. The number of hydrogen-bond acceptors (Lipinski definition) is 2. The zero-order valence-electron chi connectivity index (χ0n) is 12.4. The van der Waals surface area contributed by atoms with Gasteiger partial charge in [-0.2, -0.15) is 0 Å². The molecule has 1 aliphatic heterocycles. The fraction of sp³-hybridized carbons (Fsp3) is 0.625. The van der Waals surface area contributed by atoms with Gasteiger partial charge in [-0.3, -0.25) is 4.90 Å². The van der Waals surface area contributed by atoms with Crippen molar-refractivity contribution < 1.29 is 0 Å². The van der Waals surface area contributed by atoms with Gasteiger partial charge in [0.05, 0.1) is 0 Å². The first-order valence-corrected chi connectivity index (χ1v) is 6.89. The molecule has 2 nitrogen and oxygen atoms in total. The van der Waals surface area contributed by atoms with E-state index in [9.17, 15) is 0 Å². The average molecular weight is 246 g/mol. The van der Waals surface area contributed by atoms with Crippen LogP contribution in [0.5, 0.6) is 0 Å². The van der Waals surface area contributed by atoms with E-state index in [2.05, 4.69) is 63.2 Å². The van der Waals surface area contributed by atoms with Gasteiger partial charge in [0.1, 0.15) is 0 Å². The highest BCUT2D eigenvalue weighted by Crippen LogP contribution is 2.23. The quantitative estimate of drug-likeness (QED) is 0.882. The summed E-state index contributed by atoms with van der Waals surface area (Å²) < 4.78 is 0. The van der Waals surface area contributed by atoms with E-state index in [1.807, 2.05) is 0 Å². The maximum Gasteiger partial charge on any atom is 0.0238 e. The fourth-order valence-corrected chi connectivity index (χ4v) is 2.81. The Morgan fingerprint density at radius 2 is 2.06 bits per heavy atom. The number of hydrogen-bond donors (Lipinski definition) is 1. The van der Waals surface area contributed by atoms with Crippen LogP contribution in [0.4, 0.5) is 0 Å². The Balaban J connectivity index is 2.03. The van der Waals surface area contributed by atoms with Crippen LogP contribution in [0, 0.1) is 13.8 Å². The molecule has 1 aliphatic rings. The standard InChI is InChI=1S/C16H26N2/c1-12-6-7-13(2)14(8-12)11-18(5)15-9-16(3,4)17-10-15/h6-8,15,17H,9-11H2,1-5H3. The van der Waals surface area contributed by atoms with Crippen LogP contribution in [0.15, 0.2) is 18.2 Å². The highest BCUT2D eigenvalue weighted by molar-refractivity contribution is 5.30. The van der Waals surface area contributed by atoms with Crippen molar-refractivity contribution in [3.8, 4) is 0 Å². The molecule has 1 unspecified atom stereocenters. The Kier molecular flexibility index (Phi) is 3.79. The molecule has 0 aromatic heterocycles. The Hall–Kier alpha value is -0.860. The molecule has 1 aromatic carbocycles. The Bertz CT molecular complexity index is 423. The first kappa shape index (κ1) is 13.6. The number of nitrogens with one attached hydrogen (secondary N) is 1. The molecule has 1 N–H and O–H groups in total. The molecule has 1 heterocycles. The summed E-state index contributed by atoms with van der Waals surface area (Å²) in [5.74, 6) is 0. The monoisotopic (exact) mass is 246 g/mol. The van der Waals surface area contributed by atoms with Crippen LogP contribution >= 0.6 is 0 Å². The minimum atomic E-state index is 0.292. The Morgan fingerprint density at radius 3 is 2.67 bits per heavy atom. The largest absolute Gasteiger partial charge is 0.310 e. The average Bonchev–Trinajstić information content (AvgIpc) is 2.64. The van der Waals surface area contributed by atoms with E-state index in [-0.39, 0.29) is 0 Å². The second-order valence-corrected chi connectivity index (χ2v) is 6.47. The van der Waals surface area contributed by atoms with Crippen molar-refractivity contribution in [2.45, 2.75) is 52.2 Å². The van der Waals surface area contributed by atoms with Crippen molar-refractivity contribution in [1.82, 2.24) is 10.2 Å². The summed E-state index contributed by atoms with van der Waals surface area (Å²) in [5.41, 5.74) is 4.51. The second-order valence-electron chi connectivity index (χ2n) is 6.47. The predicted molar refractivity (Wildman–Crippen MR) is 77.9 cm³/mol. The van der Waals surface area contributed by atoms with Crippen molar-refractivity contribution >= 4 is 0 Å². The van der Waals surface area contributed by atoms with Crippen molar-refractivity contribution in [1.29, 1.82) is 0 Å². The molecule has 2 rings (SSSR count). The molecular formula is C16H26N2. The van der Waals surface area contributed by atoms with Crippen LogP contribution in [0.2, 0.25) is 0 Å². The number of benzene rings is 1. The zero-order valence-corrected chi connectivity index (χ0v) is 12.4. The smallest absolute Gasteiger partial charge is 0.0238 e. The van der Waals surface area contributed by atoms with Gasteiger partial charge in [0.25, 0.3) is 0 Å². The van der Waals surface area contributed by atoms with Gasteiger partial charge < -0.3 is 5.32 Å². The summed E-state index contributed by atoms with van der Waals surface area (Å²) in [6.07, 6.45) is 1.23. The summed E-state index contributed by atoms with van der Waals surface area (Å²) >= 11 is 0. The molecule has 18 heavy (non-hydrogen) atoms. The van der Waals surface area contributed by atoms with Crippen molar-refractivity contribution in [3.63, 3.8) is 0 Å². The SMILES string of the molecule is Cc1ccc(C)c(CN(C)C2CNC(C)(C)C2)c1. The van der Waals surface area contributed by atoms with E-state index in [0.29, 0.717) is 11.6 Å². The lowest BCUT2D eigenvalue weighted by atomic mass is 10.00. The van der Waals surface area contributed by atoms with Crippen molar-refractivity contribution in [2.24, 2.45) is 0 Å². The van der Waals surface area contributed by atoms with E-state index < -0.39 is 0 Å². The Morgan fingerprint density at radius 1 is 1.33 bits per heavy atom. The molecule has 0 saturated carbocycles. The van der Waals surface area contributed by atoms with Gasteiger partial charge in [0.2, 0.25) is 0 Å². The normalized spacial score (nSPS) is 22.7. The molecule has 100 valence electrons. The molecule has 0 spiro atoms. The Labute approximate surface area is 111 Å². The minimum absolute atomic E-state index is 0.292. The highest BCUT2D eigenvalue weighted by Gasteiger charge is 2.32. The zero-order chi connectivity index (χ0) is 13.3. The lowest BCUT2D eigenvalue weighted by molar-refractivity contribution is 0.240. The van der Waals surface area contributed by atoms with E-state index in [4.69, 9.17) is 0 Å². The van der Waals surface area contributed by atoms with E-state index in [0.717, 1.165) is 13.1 Å². The van der Waals surface area contributed by atoms with Crippen LogP contribution in [-0.2, 0) is 6.54 Å². The lowest BCUT2D eigenvalue weighted by Gasteiger charge is -2.25. The summed E-state index contributed by atoms with van der Waals surface area (Å²) in [6, 6.07) is 7.40. The van der Waals surface area contributed by atoms with Crippen LogP contribution in [0.25, 0.3) is 0 Å². The maximum atomic E-state index is 3.60. The summed E-state index contributed by atoms with van der Waals surface area (Å²) in [4.78, 5) is 2.49. The van der Waals surface area contributed by atoms with Crippen molar-refractivity contribution in [2.75, 3.05) is 13.6 Å². The third-order valence-corrected chi connectivity index (χ3v) is 4.11. The van der Waals surface area contributed by atoms with Gasteiger partial charge in [0.15, 0.2) is 0 Å². The molecule has 1 saturated heterocycles. The molecule has 1 atom stereocenters. The van der Waals surface area contributed by atoms with E-state index in [1.54, 1.807) is 0 Å². The third kappa shape index (κ3) is 3.12. The predicted octanol–water partition coefficient (Wildman–Crippen LogP) is 2.88. The number of nitrogens with zero attached hydrogens (tertiary/aromatic N) is 1. The summed E-state index contributed by atoms with van der Waals surface area (Å²) in [6.45, 7) is 11.1. The lowest BCUT2D eigenvalue weighted by Crippen LogP contribution is -2.33. The maximum absolute atomic E-state index is 3.60. The second kappa shape index (κ2) is 5.02. The van der Waals surface area contributed by atoms with Crippen LogP contribution in [0.1, 0.15) is 37.0 Å². The van der Waals surface area contributed by atoms with Crippen LogP contribution < -0.4 is 5.32 Å². The molecule has 0 aliphatic carbocycles. The van der Waals surface area contributed by atoms with Gasteiger partial charge in [-0.1, -0.05) is 23.8 Å². The number of aryl methyl sites for hydroxylation is 2. The first-order chi connectivity index (χ1) is 8.37. The van der Waals surface area contributed by atoms with Crippen molar-refractivity contribution in [3.05, 3.63) is 34.9 Å². The molecule has 1 aromatic rings. The highest BCUT2D eigenvalue weighted by atomic mass is 15.2. The van der Waals surface area contributed by atoms with Crippen LogP contribution in [0.3, 0.4) is 0 Å². The van der Waals surface area contributed by atoms with E-state index >= 15 is 0 Å². The third-order valence-electron chi connectivity index (χ3n) is 4.11. The molecule has 0 amide bonds. The molecule has 2 heteroatoms. The summed E-state index contributed by atoms with van der Waals surface area (Å²) in [5, 5.41) is 3.60. The fourth-order valence-electron chi connectivity index (χ4n) is 2.81. The van der Waals surface area contributed by atoms with Gasteiger partial charge in [-0.25, -0.2) is 0 Å². The van der Waals surface area contributed by atoms with Gasteiger partial charge in [-0.05, 0) is 52.3 Å². The van der Waals surface area contributed by atoms with Crippen LogP contribution in [-0.4, -0.2) is 30.1 Å².